The molecule has 1 fully saturated rings. The van der Waals surface area contributed by atoms with Gasteiger partial charge >= 0.3 is 0 Å². The summed E-state index contributed by atoms with van der Waals surface area (Å²) in [6.07, 6.45) is 7.07. The van der Waals surface area contributed by atoms with Gasteiger partial charge in [-0.2, -0.15) is 0 Å². The van der Waals surface area contributed by atoms with Crippen LogP contribution in [0, 0.1) is 11.8 Å². The zero-order valence-corrected chi connectivity index (χ0v) is 7.60. The van der Waals surface area contributed by atoms with Crippen molar-refractivity contribution in [3.05, 3.63) is 12.2 Å². The molecule has 2 bridgehead atoms. The van der Waals surface area contributed by atoms with Gasteiger partial charge in [-0.3, -0.25) is 0 Å². The third-order valence-corrected chi connectivity index (χ3v) is 2.96. The Balaban J connectivity index is 1.91. The highest BCUT2D eigenvalue weighted by Crippen LogP contribution is 2.38. The van der Waals surface area contributed by atoms with Gasteiger partial charge in [0.2, 0.25) is 0 Å². The van der Waals surface area contributed by atoms with Crippen molar-refractivity contribution >= 4 is 17.3 Å². The first-order chi connectivity index (χ1) is 5.79. The van der Waals surface area contributed by atoms with Gasteiger partial charge in [0.15, 0.2) is 5.11 Å². The summed E-state index contributed by atoms with van der Waals surface area (Å²) in [4.78, 5) is 0. The van der Waals surface area contributed by atoms with Gasteiger partial charge in [0.25, 0.3) is 0 Å². The van der Waals surface area contributed by atoms with Crippen LogP contribution in [0.25, 0.3) is 0 Å². The predicted octanol–water partition coefficient (Wildman–Crippen LogP) is 0.289. The Morgan fingerprint density at radius 1 is 1.42 bits per heavy atom. The SMILES string of the molecule is NNC(=S)N[C@H]1C[C@@H]2C=C[C@H]1C2. The number of hydrogen-bond donors (Lipinski definition) is 3. The van der Waals surface area contributed by atoms with E-state index in [0.29, 0.717) is 17.1 Å². The molecule has 0 aliphatic heterocycles. The molecule has 0 amide bonds. The van der Waals surface area contributed by atoms with E-state index in [1.807, 2.05) is 0 Å². The molecule has 0 saturated heterocycles. The fraction of sp³-hybridized carbons (Fsp3) is 0.625. The van der Waals surface area contributed by atoms with Gasteiger partial charge in [-0.15, -0.1) is 0 Å². The summed E-state index contributed by atoms with van der Waals surface area (Å²) in [7, 11) is 0. The van der Waals surface area contributed by atoms with Crippen molar-refractivity contribution < 1.29 is 0 Å². The highest BCUT2D eigenvalue weighted by atomic mass is 32.1. The quantitative estimate of drug-likeness (QED) is 0.237. The van der Waals surface area contributed by atoms with E-state index < -0.39 is 0 Å². The fourth-order valence-electron chi connectivity index (χ4n) is 2.16. The van der Waals surface area contributed by atoms with E-state index in [9.17, 15) is 0 Å². The largest absolute Gasteiger partial charge is 0.358 e. The molecule has 4 heteroatoms. The zero-order chi connectivity index (χ0) is 8.55. The number of rotatable bonds is 1. The molecule has 0 radical (unpaired) electrons. The third-order valence-electron chi connectivity index (χ3n) is 2.73. The van der Waals surface area contributed by atoms with E-state index in [-0.39, 0.29) is 0 Å². The molecular formula is C8H13N3S. The molecule has 66 valence electrons. The number of allylic oxidation sites excluding steroid dienone is 1. The number of hydrazine groups is 1. The third kappa shape index (κ3) is 1.32. The van der Waals surface area contributed by atoms with Crippen LogP contribution in [0.2, 0.25) is 0 Å². The molecule has 3 atom stereocenters. The Morgan fingerprint density at radius 2 is 2.25 bits per heavy atom. The summed E-state index contributed by atoms with van der Waals surface area (Å²) < 4.78 is 0. The molecule has 2 aliphatic carbocycles. The Labute approximate surface area is 77.4 Å². The smallest absolute Gasteiger partial charge is 0.180 e. The molecule has 12 heavy (non-hydrogen) atoms. The Hall–Kier alpha value is -0.610. The van der Waals surface area contributed by atoms with Crippen molar-refractivity contribution in [2.75, 3.05) is 0 Å². The molecule has 4 N–H and O–H groups in total. The minimum Gasteiger partial charge on any atom is -0.358 e. The summed E-state index contributed by atoms with van der Waals surface area (Å²) in [6, 6.07) is 0.503. The number of fused-ring (bicyclic) bond motifs is 2. The fourth-order valence-corrected chi connectivity index (χ4v) is 2.31. The number of nitrogens with two attached hydrogens (primary N) is 1. The molecule has 3 nitrogen and oxygen atoms in total. The van der Waals surface area contributed by atoms with Gasteiger partial charge in [0.1, 0.15) is 0 Å². The van der Waals surface area contributed by atoms with E-state index in [1.54, 1.807) is 0 Å². The van der Waals surface area contributed by atoms with Crippen LogP contribution in [0.1, 0.15) is 12.8 Å². The second kappa shape index (κ2) is 3.03. The van der Waals surface area contributed by atoms with Crippen LogP contribution in [0.5, 0.6) is 0 Å². The summed E-state index contributed by atoms with van der Waals surface area (Å²) in [6.45, 7) is 0. The van der Waals surface area contributed by atoms with Gasteiger partial charge in [-0.25, -0.2) is 5.84 Å². The van der Waals surface area contributed by atoms with Gasteiger partial charge in [-0.1, -0.05) is 12.2 Å². The lowest BCUT2D eigenvalue weighted by atomic mass is 10.0. The van der Waals surface area contributed by atoms with Crippen molar-refractivity contribution in [1.29, 1.82) is 0 Å². The Bertz CT molecular complexity index is 226. The second-order valence-corrected chi connectivity index (χ2v) is 3.91. The maximum Gasteiger partial charge on any atom is 0.180 e. The molecule has 2 rings (SSSR count). The van der Waals surface area contributed by atoms with Crippen LogP contribution >= 0.6 is 12.2 Å². The van der Waals surface area contributed by atoms with E-state index in [0.717, 1.165) is 5.92 Å². The Kier molecular flexibility index (Phi) is 2.02. The van der Waals surface area contributed by atoms with Gasteiger partial charge in [-0.05, 0) is 36.9 Å². The predicted molar refractivity (Wildman–Crippen MR) is 52.2 cm³/mol. The highest BCUT2D eigenvalue weighted by molar-refractivity contribution is 7.80. The molecule has 0 aromatic heterocycles. The maximum atomic E-state index is 5.18. The van der Waals surface area contributed by atoms with Crippen LogP contribution in [0.3, 0.4) is 0 Å². The van der Waals surface area contributed by atoms with E-state index in [2.05, 4.69) is 22.9 Å². The van der Waals surface area contributed by atoms with Crippen molar-refractivity contribution in [3.63, 3.8) is 0 Å². The lowest BCUT2D eigenvalue weighted by Gasteiger charge is -2.20. The highest BCUT2D eigenvalue weighted by Gasteiger charge is 2.35. The number of hydrogen-bond acceptors (Lipinski definition) is 2. The van der Waals surface area contributed by atoms with Crippen molar-refractivity contribution in [2.45, 2.75) is 18.9 Å². The molecule has 0 aromatic rings. The van der Waals surface area contributed by atoms with E-state index in [1.165, 1.54) is 12.8 Å². The van der Waals surface area contributed by atoms with Crippen LogP contribution in [-0.4, -0.2) is 11.2 Å². The van der Waals surface area contributed by atoms with Crippen molar-refractivity contribution in [1.82, 2.24) is 10.7 Å². The van der Waals surface area contributed by atoms with Gasteiger partial charge < -0.3 is 10.7 Å². The average Bonchev–Trinajstić information content (AvgIpc) is 2.64. The molecular weight excluding hydrogens is 170 g/mol. The zero-order valence-electron chi connectivity index (χ0n) is 6.79. The summed E-state index contributed by atoms with van der Waals surface area (Å²) in [5.74, 6) is 6.62. The summed E-state index contributed by atoms with van der Waals surface area (Å²) in [5.41, 5.74) is 2.45. The number of nitrogens with one attached hydrogen (secondary N) is 2. The summed E-state index contributed by atoms with van der Waals surface area (Å²) >= 11 is 4.94. The lowest BCUT2D eigenvalue weighted by molar-refractivity contribution is 0.520. The maximum absolute atomic E-state index is 5.18. The lowest BCUT2D eigenvalue weighted by Crippen LogP contribution is -2.46. The second-order valence-electron chi connectivity index (χ2n) is 3.50. The van der Waals surface area contributed by atoms with E-state index >= 15 is 0 Å². The Morgan fingerprint density at radius 3 is 2.75 bits per heavy atom. The molecule has 0 spiro atoms. The minimum atomic E-state index is 0.503. The van der Waals surface area contributed by atoms with Gasteiger partial charge in [0, 0.05) is 6.04 Å². The minimum absolute atomic E-state index is 0.503. The topological polar surface area (TPSA) is 50.1 Å². The van der Waals surface area contributed by atoms with Crippen LogP contribution in [0.4, 0.5) is 0 Å². The molecule has 2 aliphatic rings. The summed E-state index contributed by atoms with van der Waals surface area (Å²) in [5, 5.41) is 3.76. The van der Waals surface area contributed by atoms with Crippen LogP contribution in [0.15, 0.2) is 12.2 Å². The van der Waals surface area contributed by atoms with Crippen molar-refractivity contribution in [3.8, 4) is 0 Å². The first-order valence-electron chi connectivity index (χ1n) is 4.25. The number of thiocarbonyl (C=S) groups is 1. The van der Waals surface area contributed by atoms with Crippen LogP contribution in [-0.2, 0) is 0 Å². The molecule has 0 heterocycles. The van der Waals surface area contributed by atoms with Crippen LogP contribution < -0.4 is 16.6 Å². The molecule has 1 saturated carbocycles. The normalized spacial score (nSPS) is 36.9. The van der Waals surface area contributed by atoms with Crippen molar-refractivity contribution in [2.24, 2.45) is 17.7 Å². The first-order valence-corrected chi connectivity index (χ1v) is 4.66. The standard InChI is InChI=1S/C8H13N3S/c9-11-8(12)10-7-4-5-1-2-6(7)3-5/h1-2,5-7H,3-4,9H2,(H2,10,11,12)/t5-,6+,7+/m1/s1. The monoisotopic (exact) mass is 183 g/mol. The average molecular weight is 183 g/mol. The first kappa shape index (κ1) is 8.01. The molecule has 0 unspecified atom stereocenters. The molecule has 0 aromatic carbocycles. The van der Waals surface area contributed by atoms with Gasteiger partial charge in [0.05, 0.1) is 0 Å². The van der Waals surface area contributed by atoms with E-state index in [4.69, 9.17) is 18.1 Å².